The van der Waals surface area contributed by atoms with Crippen LogP contribution in [0.4, 0.5) is 11.4 Å². The molecule has 2 aromatic carbocycles. The highest BCUT2D eigenvalue weighted by Gasteiger charge is 2.15. The van der Waals surface area contributed by atoms with Crippen LogP contribution in [0.3, 0.4) is 0 Å². The molecule has 0 atom stereocenters. The topological polar surface area (TPSA) is 40.6 Å². The number of aryl methyl sites for hydroxylation is 1. The van der Waals surface area contributed by atoms with Crippen LogP contribution in [0.5, 0.6) is 0 Å². The van der Waals surface area contributed by atoms with E-state index in [1.165, 1.54) is 6.92 Å². The summed E-state index contributed by atoms with van der Waals surface area (Å²) in [4.78, 5) is 27.1. The van der Waals surface area contributed by atoms with Gasteiger partial charge in [0, 0.05) is 38.0 Å². The number of rotatable bonds is 3. The van der Waals surface area contributed by atoms with Crippen molar-refractivity contribution in [2.24, 2.45) is 0 Å². The molecule has 0 aliphatic heterocycles. The van der Waals surface area contributed by atoms with E-state index in [1.807, 2.05) is 55.5 Å². The lowest BCUT2D eigenvalue weighted by Crippen LogP contribution is -2.27. The van der Waals surface area contributed by atoms with Gasteiger partial charge in [-0.3, -0.25) is 9.59 Å². The molecule has 0 saturated heterocycles. The zero-order chi connectivity index (χ0) is 16.3. The standard InChI is InChI=1S/C18H20N2O2/c1-13-7-5-6-8-17(13)18(22)20(4)16-11-9-15(10-12-16)19(3)14(2)21/h5-12H,1-4H3. The van der Waals surface area contributed by atoms with Gasteiger partial charge in [-0.05, 0) is 42.8 Å². The van der Waals surface area contributed by atoms with E-state index in [-0.39, 0.29) is 11.8 Å². The molecule has 0 saturated carbocycles. The summed E-state index contributed by atoms with van der Waals surface area (Å²) in [5.74, 6) is -0.0807. The van der Waals surface area contributed by atoms with Crippen LogP contribution in [0, 0.1) is 6.92 Å². The highest BCUT2D eigenvalue weighted by atomic mass is 16.2. The molecule has 2 rings (SSSR count). The van der Waals surface area contributed by atoms with Crippen LogP contribution in [-0.4, -0.2) is 25.9 Å². The number of benzene rings is 2. The van der Waals surface area contributed by atoms with E-state index in [4.69, 9.17) is 0 Å². The van der Waals surface area contributed by atoms with E-state index < -0.39 is 0 Å². The Labute approximate surface area is 131 Å². The molecule has 114 valence electrons. The molecule has 2 aromatic rings. The van der Waals surface area contributed by atoms with Gasteiger partial charge in [0.25, 0.3) is 5.91 Å². The van der Waals surface area contributed by atoms with Gasteiger partial charge in [0.05, 0.1) is 0 Å². The van der Waals surface area contributed by atoms with Crippen LogP contribution in [0.1, 0.15) is 22.8 Å². The number of amides is 2. The fraction of sp³-hybridized carbons (Fsp3) is 0.222. The summed E-state index contributed by atoms with van der Waals surface area (Å²) < 4.78 is 0. The molecule has 0 bridgehead atoms. The van der Waals surface area contributed by atoms with Crippen LogP contribution >= 0.6 is 0 Å². The Kier molecular flexibility index (Phi) is 4.61. The Bertz CT molecular complexity index is 692. The van der Waals surface area contributed by atoms with Crippen LogP contribution in [-0.2, 0) is 4.79 Å². The lowest BCUT2D eigenvalue weighted by atomic mass is 10.1. The lowest BCUT2D eigenvalue weighted by Gasteiger charge is -2.20. The third kappa shape index (κ3) is 3.17. The molecule has 0 aliphatic rings. The van der Waals surface area contributed by atoms with Gasteiger partial charge in [0.1, 0.15) is 0 Å². The maximum atomic E-state index is 12.6. The molecular weight excluding hydrogens is 276 g/mol. The molecule has 0 radical (unpaired) electrons. The van der Waals surface area contributed by atoms with E-state index in [1.54, 1.807) is 23.9 Å². The smallest absolute Gasteiger partial charge is 0.258 e. The summed E-state index contributed by atoms with van der Waals surface area (Å²) in [7, 11) is 3.47. The molecule has 0 aromatic heterocycles. The third-order valence-corrected chi connectivity index (χ3v) is 3.78. The van der Waals surface area contributed by atoms with Crippen molar-refractivity contribution in [2.45, 2.75) is 13.8 Å². The summed E-state index contributed by atoms with van der Waals surface area (Å²) >= 11 is 0. The van der Waals surface area contributed by atoms with Crippen molar-refractivity contribution < 1.29 is 9.59 Å². The van der Waals surface area contributed by atoms with Crippen LogP contribution < -0.4 is 9.80 Å². The van der Waals surface area contributed by atoms with Crippen molar-refractivity contribution in [3.05, 3.63) is 59.7 Å². The minimum atomic E-state index is -0.0502. The number of hydrogen-bond donors (Lipinski definition) is 0. The van der Waals surface area contributed by atoms with Crippen LogP contribution in [0.15, 0.2) is 48.5 Å². The summed E-state index contributed by atoms with van der Waals surface area (Å²) in [5.41, 5.74) is 3.23. The van der Waals surface area contributed by atoms with Gasteiger partial charge in [0.2, 0.25) is 5.91 Å². The molecule has 4 nitrogen and oxygen atoms in total. The largest absolute Gasteiger partial charge is 0.316 e. The van der Waals surface area contributed by atoms with Crippen molar-refractivity contribution in [1.82, 2.24) is 0 Å². The van der Waals surface area contributed by atoms with Crippen LogP contribution in [0.25, 0.3) is 0 Å². The van der Waals surface area contributed by atoms with Crippen LogP contribution in [0.2, 0.25) is 0 Å². The first-order valence-corrected chi connectivity index (χ1v) is 7.10. The fourth-order valence-electron chi connectivity index (χ4n) is 2.19. The van der Waals surface area contributed by atoms with Gasteiger partial charge in [-0.1, -0.05) is 18.2 Å². The van der Waals surface area contributed by atoms with E-state index in [9.17, 15) is 9.59 Å². The number of carbonyl (C=O) groups is 2. The van der Waals surface area contributed by atoms with Crippen molar-refractivity contribution in [1.29, 1.82) is 0 Å². The van der Waals surface area contributed by atoms with Crippen molar-refractivity contribution in [3.63, 3.8) is 0 Å². The molecule has 0 aliphatic carbocycles. The number of anilines is 2. The molecule has 0 fully saturated rings. The molecule has 0 spiro atoms. The average Bonchev–Trinajstić information content (AvgIpc) is 2.53. The second kappa shape index (κ2) is 6.43. The van der Waals surface area contributed by atoms with Gasteiger partial charge in [0.15, 0.2) is 0 Å². The summed E-state index contributed by atoms with van der Waals surface area (Å²) in [6, 6.07) is 14.9. The average molecular weight is 296 g/mol. The SMILES string of the molecule is CC(=O)N(C)c1ccc(N(C)C(=O)c2ccccc2C)cc1. The predicted molar refractivity (Wildman–Crippen MR) is 89.4 cm³/mol. The van der Waals surface area contributed by atoms with E-state index in [0.29, 0.717) is 5.56 Å². The monoisotopic (exact) mass is 296 g/mol. The highest BCUT2D eigenvalue weighted by Crippen LogP contribution is 2.21. The first-order valence-electron chi connectivity index (χ1n) is 7.10. The molecule has 4 heteroatoms. The van der Waals surface area contributed by atoms with E-state index in [2.05, 4.69) is 0 Å². The maximum absolute atomic E-state index is 12.6. The number of nitrogens with zero attached hydrogens (tertiary/aromatic N) is 2. The molecule has 22 heavy (non-hydrogen) atoms. The Hall–Kier alpha value is -2.62. The Balaban J connectivity index is 2.23. The second-order valence-corrected chi connectivity index (χ2v) is 5.27. The first-order chi connectivity index (χ1) is 10.4. The van der Waals surface area contributed by atoms with Crippen molar-refractivity contribution in [2.75, 3.05) is 23.9 Å². The Morgan fingerprint density at radius 2 is 1.32 bits per heavy atom. The summed E-state index contributed by atoms with van der Waals surface area (Å²) in [6.07, 6.45) is 0. The third-order valence-electron chi connectivity index (χ3n) is 3.78. The molecule has 0 unspecified atom stereocenters. The minimum absolute atomic E-state index is 0.0305. The predicted octanol–water partition coefficient (Wildman–Crippen LogP) is 3.25. The van der Waals surface area contributed by atoms with Gasteiger partial charge >= 0.3 is 0 Å². The Morgan fingerprint density at radius 3 is 1.82 bits per heavy atom. The van der Waals surface area contributed by atoms with Gasteiger partial charge in [-0.15, -0.1) is 0 Å². The van der Waals surface area contributed by atoms with Gasteiger partial charge in [-0.25, -0.2) is 0 Å². The maximum Gasteiger partial charge on any atom is 0.258 e. The lowest BCUT2D eigenvalue weighted by molar-refractivity contribution is -0.116. The zero-order valence-electron chi connectivity index (χ0n) is 13.3. The first kappa shape index (κ1) is 15.8. The van der Waals surface area contributed by atoms with Gasteiger partial charge in [-0.2, -0.15) is 0 Å². The molecule has 0 heterocycles. The summed E-state index contributed by atoms with van der Waals surface area (Å²) in [5, 5.41) is 0. The summed E-state index contributed by atoms with van der Waals surface area (Å²) in [6.45, 7) is 3.44. The molecule has 2 amide bonds. The Morgan fingerprint density at radius 1 is 0.818 bits per heavy atom. The van der Waals surface area contributed by atoms with E-state index >= 15 is 0 Å². The highest BCUT2D eigenvalue weighted by molar-refractivity contribution is 6.06. The normalized spacial score (nSPS) is 10.2. The minimum Gasteiger partial charge on any atom is -0.316 e. The molecular formula is C18H20N2O2. The van der Waals surface area contributed by atoms with E-state index in [0.717, 1.165) is 16.9 Å². The van der Waals surface area contributed by atoms with Crippen molar-refractivity contribution in [3.8, 4) is 0 Å². The zero-order valence-corrected chi connectivity index (χ0v) is 13.3. The molecule has 0 N–H and O–H groups in total. The fourth-order valence-corrected chi connectivity index (χ4v) is 2.19. The second-order valence-electron chi connectivity index (χ2n) is 5.27. The number of carbonyl (C=O) groups excluding carboxylic acids is 2. The van der Waals surface area contributed by atoms with Gasteiger partial charge < -0.3 is 9.80 Å². The quantitative estimate of drug-likeness (QED) is 0.872. The van der Waals surface area contributed by atoms with Crippen molar-refractivity contribution >= 4 is 23.2 Å². The number of hydrogen-bond acceptors (Lipinski definition) is 2.